The molecule has 0 unspecified atom stereocenters. The summed E-state index contributed by atoms with van der Waals surface area (Å²) in [5.74, 6) is 0. The fourth-order valence-corrected chi connectivity index (χ4v) is 4.50. The molecule has 0 amide bonds. The number of aromatic nitrogens is 1. The molecule has 0 fully saturated rings. The minimum Gasteiger partial charge on any atom is -0.240 e. The van der Waals surface area contributed by atoms with E-state index >= 15 is 0 Å². The summed E-state index contributed by atoms with van der Waals surface area (Å²) in [4.78, 5) is 4.79. The average Bonchev–Trinajstić information content (AvgIpc) is 2.86. The molecule has 0 atom stereocenters. The Morgan fingerprint density at radius 2 is 1.68 bits per heavy atom. The van der Waals surface area contributed by atoms with Crippen LogP contribution in [0.2, 0.25) is 0 Å². The summed E-state index contributed by atoms with van der Waals surface area (Å²) in [6.07, 6.45) is 2.10. The van der Waals surface area contributed by atoms with Crippen LogP contribution >= 0.6 is 23.1 Å². The number of pyridine rings is 1. The van der Waals surface area contributed by atoms with Crippen molar-refractivity contribution in [3.63, 3.8) is 0 Å². The predicted molar refractivity (Wildman–Crippen MR) is 86.4 cm³/mol. The van der Waals surface area contributed by atoms with Gasteiger partial charge in [-0.2, -0.15) is 0 Å². The van der Waals surface area contributed by atoms with Crippen LogP contribution in [0, 0.1) is 0 Å². The van der Waals surface area contributed by atoms with Crippen LogP contribution in [-0.4, -0.2) is 11.2 Å². The third-order valence-electron chi connectivity index (χ3n) is 3.38. The Bertz CT molecular complexity index is 908. The van der Waals surface area contributed by atoms with Gasteiger partial charge in [0, 0.05) is 20.9 Å². The monoisotopic (exact) mass is 281 g/mol. The third kappa shape index (κ3) is 1.58. The molecule has 4 aromatic rings. The maximum atomic E-state index is 4.79. The molecule has 1 nitrogen and oxygen atoms in total. The van der Waals surface area contributed by atoms with Gasteiger partial charge in [-0.1, -0.05) is 36.4 Å². The molecule has 2 aromatic carbocycles. The Labute approximate surface area is 119 Å². The van der Waals surface area contributed by atoms with Crippen molar-refractivity contribution in [2.75, 3.05) is 6.26 Å². The van der Waals surface area contributed by atoms with Crippen LogP contribution in [0.3, 0.4) is 0 Å². The third-order valence-corrected chi connectivity index (χ3v) is 5.37. The zero-order valence-corrected chi connectivity index (χ0v) is 12.0. The number of hydrogen-bond acceptors (Lipinski definition) is 3. The number of hydrogen-bond donors (Lipinski definition) is 0. The van der Waals surface area contributed by atoms with Crippen molar-refractivity contribution in [2.24, 2.45) is 0 Å². The Balaban J connectivity index is 2.36. The quantitative estimate of drug-likeness (QED) is 0.438. The molecule has 92 valence electrons. The first-order valence-electron chi connectivity index (χ1n) is 6.12. The molecule has 0 radical (unpaired) electrons. The molecule has 0 aliphatic carbocycles. The molecule has 0 saturated heterocycles. The molecule has 2 aromatic heterocycles. The predicted octanol–water partition coefficient (Wildman–Crippen LogP) is 5.32. The van der Waals surface area contributed by atoms with Gasteiger partial charge in [0.05, 0.1) is 10.2 Å². The number of thiophene rings is 1. The Kier molecular flexibility index (Phi) is 2.50. The molecule has 3 heteroatoms. The van der Waals surface area contributed by atoms with Crippen molar-refractivity contribution in [1.82, 2.24) is 4.98 Å². The molecule has 0 bridgehead atoms. The van der Waals surface area contributed by atoms with E-state index in [4.69, 9.17) is 4.98 Å². The van der Waals surface area contributed by atoms with Crippen LogP contribution in [0.25, 0.3) is 31.1 Å². The lowest BCUT2D eigenvalue weighted by Crippen LogP contribution is -1.83. The standard InChI is InChI=1S/C16H11NS2/c1-18-16-15-14(10-6-2-4-8-12(10)17-16)11-7-3-5-9-13(11)19-15/h2-9H,1H3. The van der Waals surface area contributed by atoms with E-state index in [1.165, 1.54) is 25.6 Å². The zero-order valence-electron chi connectivity index (χ0n) is 10.4. The van der Waals surface area contributed by atoms with E-state index in [0.29, 0.717) is 0 Å². The highest BCUT2D eigenvalue weighted by atomic mass is 32.2. The number of para-hydroxylation sites is 1. The number of benzene rings is 2. The largest absolute Gasteiger partial charge is 0.240 e. The van der Waals surface area contributed by atoms with Gasteiger partial charge in [-0.15, -0.1) is 23.1 Å². The highest BCUT2D eigenvalue weighted by molar-refractivity contribution is 7.98. The SMILES string of the molecule is CSc1nc2ccccc2c2c1sc1ccccc12. The maximum absolute atomic E-state index is 4.79. The van der Waals surface area contributed by atoms with Crippen molar-refractivity contribution in [3.05, 3.63) is 48.5 Å². The van der Waals surface area contributed by atoms with Gasteiger partial charge < -0.3 is 0 Å². The first kappa shape index (κ1) is 11.3. The lowest BCUT2D eigenvalue weighted by atomic mass is 10.1. The van der Waals surface area contributed by atoms with E-state index in [9.17, 15) is 0 Å². The number of fused-ring (bicyclic) bond motifs is 5. The molecule has 0 aliphatic rings. The van der Waals surface area contributed by atoms with Gasteiger partial charge in [-0.25, -0.2) is 4.98 Å². The highest BCUT2D eigenvalue weighted by Crippen LogP contribution is 2.41. The Morgan fingerprint density at radius 1 is 0.947 bits per heavy atom. The van der Waals surface area contributed by atoms with E-state index in [1.54, 1.807) is 11.8 Å². The average molecular weight is 281 g/mol. The maximum Gasteiger partial charge on any atom is 0.114 e. The molecule has 19 heavy (non-hydrogen) atoms. The molecular weight excluding hydrogens is 270 g/mol. The van der Waals surface area contributed by atoms with Crippen LogP contribution in [0.4, 0.5) is 0 Å². The molecule has 0 aliphatic heterocycles. The smallest absolute Gasteiger partial charge is 0.114 e. The normalized spacial score (nSPS) is 11.6. The van der Waals surface area contributed by atoms with Gasteiger partial charge >= 0.3 is 0 Å². The van der Waals surface area contributed by atoms with Gasteiger partial charge in [-0.3, -0.25) is 0 Å². The molecule has 4 rings (SSSR count). The first-order chi connectivity index (χ1) is 9.38. The number of thioether (sulfide) groups is 1. The molecule has 0 spiro atoms. The second-order valence-corrected chi connectivity index (χ2v) is 6.29. The van der Waals surface area contributed by atoms with Gasteiger partial charge in [-0.05, 0) is 18.4 Å². The summed E-state index contributed by atoms with van der Waals surface area (Å²) in [5.41, 5.74) is 1.09. The van der Waals surface area contributed by atoms with Crippen LogP contribution in [-0.2, 0) is 0 Å². The van der Waals surface area contributed by atoms with Crippen molar-refractivity contribution in [2.45, 2.75) is 5.03 Å². The van der Waals surface area contributed by atoms with E-state index in [2.05, 4.69) is 54.8 Å². The summed E-state index contributed by atoms with van der Waals surface area (Å²) in [7, 11) is 0. The summed E-state index contributed by atoms with van der Waals surface area (Å²) >= 11 is 3.57. The first-order valence-corrected chi connectivity index (χ1v) is 8.16. The summed E-state index contributed by atoms with van der Waals surface area (Å²) < 4.78 is 2.65. The van der Waals surface area contributed by atoms with Crippen LogP contribution < -0.4 is 0 Å². The van der Waals surface area contributed by atoms with Gasteiger partial charge in [0.1, 0.15) is 5.03 Å². The fourth-order valence-electron chi connectivity index (χ4n) is 2.54. The Morgan fingerprint density at radius 3 is 2.53 bits per heavy atom. The minimum absolute atomic E-state index is 1.09. The second kappa shape index (κ2) is 4.22. The van der Waals surface area contributed by atoms with Gasteiger partial charge in [0.15, 0.2) is 0 Å². The molecule has 0 saturated carbocycles. The Hall–Kier alpha value is -1.58. The topological polar surface area (TPSA) is 12.9 Å². The fraction of sp³-hybridized carbons (Fsp3) is 0.0625. The summed E-state index contributed by atoms with van der Waals surface area (Å²) in [6, 6.07) is 17.0. The van der Waals surface area contributed by atoms with Crippen LogP contribution in [0.1, 0.15) is 0 Å². The van der Waals surface area contributed by atoms with E-state index in [-0.39, 0.29) is 0 Å². The van der Waals surface area contributed by atoms with E-state index in [1.807, 2.05) is 11.3 Å². The number of rotatable bonds is 1. The summed E-state index contributed by atoms with van der Waals surface area (Å²) in [5, 5.41) is 5.09. The minimum atomic E-state index is 1.09. The molecule has 2 heterocycles. The second-order valence-electron chi connectivity index (χ2n) is 4.44. The van der Waals surface area contributed by atoms with Crippen molar-refractivity contribution >= 4 is 54.2 Å². The van der Waals surface area contributed by atoms with Crippen molar-refractivity contribution < 1.29 is 0 Å². The van der Waals surface area contributed by atoms with Gasteiger partial charge in [0.25, 0.3) is 0 Å². The molecular formula is C16H11NS2. The summed E-state index contributed by atoms with van der Waals surface area (Å²) in [6.45, 7) is 0. The number of nitrogens with zero attached hydrogens (tertiary/aromatic N) is 1. The lowest BCUT2D eigenvalue weighted by Gasteiger charge is -2.03. The zero-order chi connectivity index (χ0) is 12.8. The van der Waals surface area contributed by atoms with Crippen molar-refractivity contribution in [1.29, 1.82) is 0 Å². The van der Waals surface area contributed by atoms with Gasteiger partial charge in [0.2, 0.25) is 0 Å². The highest BCUT2D eigenvalue weighted by Gasteiger charge is 2.13. The van der Waals surface area contributed by atoms with Crippen molar-refractivity contribution in [3.8, 4) is 0 Å². The van der Waals surface area contributed by atoms with E-state index in [0.717, 1.165) is 10.5 Å². The van der Waals surface area contributed by atoms with E-state index < -0.39 is 0 Å². The lowest BCUT2D eigenvalue weighted by molar-refractivity contribution is 1.25. The van der Waals surface area contributed by atoms with Crippen LogP contribution in [0.15, 0.2) is 53.6 Å². The molecule has 0 N–H and O–H groups in total. The van der Waals surface area contributed by atoms with Crippen LogP contribution in [0.5, 0.6) is 0 Å².